The molecule has 4 rings (SSSR count). The van der Waals surface area contributed by atoms with Crippen LogP contribution >= 0.6 is 0 Å². The second-order valence-electron chi connectivity index (χ2n) is 6.63. The molecule has 1 unspecified atom stereocenters. The number of nitrogens with one attached hydrogen (secondary N) is 2. The number of nitriles is 1. The third kappa shape index (κ3) is 4.27. The minimum Gasteiger partial charge on any atom is -0.376 e. The molecule has 0 saturated carbocycles. The Morgan fingerprint density at radius 1 is 1.07 bits per heavy atom. The lowest BCUT2D eigenvalue weighted by molar-refractivity contribution is 0.120. The standard InChI is InChI=1S/C22H21N5O/c23-14-17-9-4-5-11-19(17)25-22-26-20(16-7-2-1-3-8-16)13-21(27-22)24-15-18-10-6-12-28-18/h1-5,7-9,11,13,18H,6,10,12,15H2,(H2,24,25,26,27). The molecule has 0 aliphatic carbocycles. The number of aromatic nitrogens is 2. The van der Waals surface area contributed by atoms with E-state index in [1.807, 2.05) is 54.6 Å². The summed E-state index contributed by atoms with van der Waals surface area (Å²) in [5.74, 6) is 1.17. The van der Waals surface area contributed by atoms with Crippen molar-refractivity contribution in [3.05, 3.63) is 66.2 Å². The highest BCUT2D eigenvalue weighted by Crippen LogP contribution is 2.24. The molecule has 0 spiro atoms. The fraction of sp³-hybridized carbons (Fsp3) is 0.227. The number of ether oxygens (including phenoxy) is 1. The summed E-state index contributed by atoms with van der Waals surface area (Å²) < 4.78 is 5.69. The maximum atomic E-state index is 9.33. The lowest BCUT2D eigenvalue weighted by Crippen LogP contribution is -2.19. The molecule has 3 aromatic rings. The summed E-state index contributed by atoms with van der Waals surface area (Å²) in [6, 6.07) is 21.4. The molecule has 2 heterocycles. The molecule has 6 nitrogen and oxygen atoms in total. The van der Waals surface area contributed by atoms with E-state index < -0.39 is 0 Å². The molecule has 1 atom stereocenters. The van der Waals surface area contributed by atoms with Gasteiger partial charge in [-0.15, -0.1) is 0 Å². The van der Waals surface area contributed by atoms with Gasteiger partial charge < -0.3 is 15.4 Å². The van der Waals surface area contributed by atoms with Crippen LogP contribution in [0.15, 0.2) is 60.7 Å². The fourth-order valence-corrected chi connectivity index (χ4v) is 3.18. The van der Waals surface area contributed by atoms with Crippen molar-refractivity contribution in [1.82, 2.24) is 9.97 Å². The highest BCUT2D eigenvalue weighted by Gasteiger charge is 2.16. The number of anilines is 3. The van der Waals surface area contributed by atoms with E-state index in [9.17, 15) is 5.26 Å². The molecule has 1 aliphatic rings. The Kier molecular flexibility index (Phi) is 5.46. The maximum absolute atomic E-state index is 9.33. The number of hydrogen-bond acceptors (Lipinski definition) is 6. The Morgan fingerprint density at radius 2 is 1.89 bits per heavy atom. The summed E-state index contributed by atoms with van der Waals surface area (Å²) >= 11 is 0. The van der Waals surface area contributed by atoms with Gasteiger partial charge in [-0.05, 0) is 25.0 Å². The van der Waals surface area contributed by atoms with Gasteiger partial charge in [-0.1, -0.05) is 42.5 Å². The van der Waals surface area contributed by atoms with Crippen LogP contribution in [0.1, 0.15) is 18.4 Å². The molecule has 1 fully saturated rings. The summed E-state index contributed by atoms with van der Waals surface area (Å²) in [5, 5.41) is 15.9. The molecular formula is C22H21N5O. The van der Waals surface area contributed by atoms with Crippen molar-refractivity contribution in [1.29, 1.82) is 5.26 Å². The SMILES string of the molecule is N#Cc1ccccc1Nc1nc(NCC2CCCO2)cc(-c2ccccc2)n1. The molecule has 1 aliphatic heterocycles. The topological polar surface area (TPSA) is 82.9 Å². The van der Waals surface area contributed by atoms with Crippen LogP contribution in [0.25, 0.3) is 11.3 Å². The predicted molar refractivity (Wildman–Crippen MR) is 109 cm³/mol. The monoisotopic (exact) mass is 371 g/mol. The van der Waals surface area contributed by atoms with Gasteiger partial charge in [0.2, 0.25) is 5.95 Å². The number of para-hydroxylation sites is 1. The van der Waals surface area contributed by atoms with Crippen molar-refractivity contribution in [2.24, 2.45) is 0 Å². The molecule has 1 saturated heterocycles. The third-order valence-corrected chi connectivity index (χ3v) is 4.62. The van der Waals surface area contributed by atoms with Crippen molar-refractivity contribution >= 4 is 17.5 Å². The largest absolute Gasteiger partial charge is 0.376 e. The molecular weight excluding hydrogens is 350 g/mol. The Morgan fingerprint density at radius 3 is 2.68 bits per heavy atom. The Hall–Kier alpha value is -3.43. The highest BCUT2D eigenvalue weighted by atomic mass is 16.5. The summed E-state index contributed by atoms with van der Waals surface area (Å²) in [4.78, 5) is 9.24. The van der Waals surface area contributed by atoms with Gasteiger partial charge in [0.25, 0.3) is 0 Å². The summed E-state index contributed by atoms with van der Waals surface area (Å²) in [7, 11) is 0. The van der Waals surface area contributed by atoms with E-state index >= 15 is 0 Å². The van der Waals surface area contributed by atoms with Gasteiger partial charge in [0.05, 0.1) is 23.0 Å². The van der Waals surface area contributed by atoms with E-state index in [1.54, 1.807) is 6.07 Å². The summed E-state index contributed by atoms with van der Waals surface area (Å²) in [5.41, 5.74) is 3.04. The van der Waals surface area contributed by atoms with Crippen LogP contribution in [-0.2, 0) is 4.74 Å². The number of hydrogen-bond donors (Lipinski definition) is 2. The van der Waals surface area contributed by atoms with Crippen molar-refractivity contribution in [2.45, 2.75) is 18.9 Å². The number of rotatable bonds is 6. The molecule has 2 N–H and O–H groups in total. The molecule has 2 aromatic carbocycles. The Bertz CT molecular complexity index is 978. The lowest BCUT2D eigenvalue weighted by Gasteiger charge is -2.14. The first-order chi connectivity index (χ1) is 13.8. The van der Waals surface area contributed by atoms with Crippen LogP contribution in [0.3, 0.4) is 0 Å². The minimum atomic E-state index is 0.214. The number of nitrogens with zero attached hydrogens (tertiary/aromatic N) is 3. The van der Waals surface area contributed by atoms with Gasteiger partial charge in [0, 0.05) is 24.8 Å². The Balaban J connectivity index is 1.64. The van der Waals surface area contributed by atoms with Crippen molar-refractivity contribution in [2.75, 3.05) is 23.8 Å². The first kappa shape index (κ1) is 18.0. The summed E-state index contributed by atoms with van der Waals surface area (Å²) in [6.45, 7) is 1.53. The second-order valence-corrected chi connectivity index (χ2v) is 6.63. The van der Waals surface area contributed by atoms with E-state index in [0.29, 0.717) is 23.7 Å². The van der Waals surface area contributed by atoms with E-state index in [1.165, 1.54) is 0 Å². The second kappa shape index (κ2) is 8.51. The molecule has 6 heteroatoms. The third-order valence-electron chi connectivity index (χ3n) is 4.62. The zero-order valence-electron chi connectivity index (χ0n) is 15.4. The number of benzene rings is 2. The van der Waals surface area contributed by atoms with Crippen LogP contribution in [0.4, 0.5) is 17.5 Å². The van der Waals surface area contributed by atoms with Gasteiger partial charge in [0.1, 0.15) is 11.9 Å². The van der Waals surface area contributed by atoms with Gasteiger partial charge in [0.15, 0.2) is 0 Å². The van der Waals surface area contributed by atoms with E-state index in [2.05, 4.69) is 26.7 Å². The smallest absolute Gasteiger partial charge is 0.229 e. The van der Waals surface area contributed by atoms with Crippen LogP contribution in [-0.4, -0.2) is 29.2 Å². The van der Waals surface area contributed by atoms with E-state index in [0.717, 1.165) is 36.5 Å². The fourth-order valence-electron chi connectivity index (χ4n) is 3.18. The average molecular weight is 371 g/mol. The van der Waals surface area contributed by atoms with Gasteiger partial charge in [-0.2, -0.15) is 10.2 Å². The van der Waals surface area contributed by atoms with Crippen molar-refractivity contribution in [3.63, 3.8) is 0 Å². The maximum Gasteiger partial charge on any atom is 0.229 e. The molecule has 0 amide bonds. The predicted octanol–water partition coefficient (Wildman–Crippen LogP) is 4.35. The zero-order chi connectivity index (χ0) is 19.2. The average Bonchev–Trinajstić information content (AvgIpc) is 3.27. The van der Waals surface area contributed by atoms with Crippen LogP contribution in [0, 0.1) is 11.3 Å². The van der Waals surface area contributed by atoms with Gasteiger partial charge >= 0.3 is 0 Å². The lowest BCUT2D eigenvalue weighted by atomic mass is 10.1. The Labute approximate surface area is 164 Å². The van der Waals surface area contributed by atoms with Crippen LogP contribution < -0.4 is 10.6 Å². The highest BCUT2D eigenvalue weighted by molar-refractivity contribution is 5.68. The van der Waals surface area contributed by atoms with Gasteiger partial charge in [-0.3, -0.25) is 0 Å². The first-order valence-corrected chi connectivity index (χ1v) is 9.38. The first-order valence-electron chi connectivity index (χ1n) is 9.38. The normalized spacial score (nSPS) is 15.8. The minimum absolute atomic E-state index is 0.214. The molecule has 0 radical (unpaired) electrons. The molecule has 28 heavy (non-hydrogen) atoms. The van der Waals surface area contributed by atoms with Crippen molar-refractivity contribution < 1.29 is 4.74 Å². The zero-order valence-corrected chi connectivity index (χ0v) is 15.4. The van der Waals surface area contributed by atoms with Gasteiger partial charge in [-0.25, -0.2) is 4.98 Å². The van der Waals surface area contributed by atoms with E-state index in [4.69, 9.17) is 4.74 Å². The van der Waals surface area contributed by atoms with E-state index in [-0.39, 0.29) is 6.10 Å². The van der Waals surface area contributed by atoms with Crippen LogP contribution in [0.5, 0.6) is 0 Å². The molecule has 1 aromatic heterocycles. The van der Waals surface area contributed by atoms with Crippen molar-refractivity contribution in [3.8, 4) is 17.3 Å². The molecule has 0 bridgehead atoms. The van der Waals surface area contributed by atoms with Crippen LogP contribution in [0.2, 0.25) is 0 Å². The molecule has 140 valence electrons. The quantitative estimate of drug-likeness (QED) is 0.670. The summed E-state index contributed by atoms with van der Waals surface area (Å²) in [6.07, 6.45) is 2.37.